The predicted octanol–water partition coefficient (Wildman–Crippen LogP) is 2.91. The number of hydrogen-bond acceptors (Lipinski definition) is 5. The minimum absolute atomic E-state index is 0.0437. The minimum atomic E-state index is -0.818. The molecule has 0 aliphatic carbocycles. The Kier molecular flexibility index (Phi) is 6.61. The molecule has 0 radical (unpaired) electrons. The first-order chi connectivity index (χ1) is 14.4. The maximum atomic E-state index is 12.5. The molecule has 0 saturated carbocycles. The van der Waals surface area contributed by atoms with Crippen molar-refractivity contribution >= 4 is 29.4 Å². The van der Waals surface area contributed by atoms with Gasteiger partial charge in [-0.15, -0.1) is 0 Å². The predicted molar refractivity (Wildman–Crippen MR) is 111 cm³/mol. The number of anilines is 1. The van der Waals surface area contributed by atoms with E-state index in [-0.39, 0.29) is 12.3 Å². The number of hydrogen-bond donors (Lipinski definition) is 1. The summed E-state index contributed by atoms with van der Waals surface area (Å²) in [5.74, 6) is -2.04. The van der Waals surface area contributed by atoms with Crippen molar-refractivity contribution in [3.05, 3.63) is 65.2 Å². The van der Waals surface area contributed by atoms with Gasteiger partial charge in [-0.05, 0) is 35.6 Å². The highest BCUT2D eigenvalue weighted by Gasteiger charge is 2.32. The van der Waals surface area contributed by atoms with E-state index in [1.54, 1.807) is 30.3 Å². The average Bonchev–Trinajstić information content (AvgIpc) is 2.75. The van der Waals surface area contributed by atoms with Gasteiger partial charge in [0.15, 0.2) is 6.61 Å². The highest BCUT2D eigenvalue weighted by Crippen LogP contribution is 2.26. The van der Waals surface area contributed by atoms with Crippen LogP contribution in [0.25, 0.3) is 0 Å². The van der Waals surface area contributed by atoms with E-state index in [1.807, 2.05) is 18.2 Å². The van der Waals surface area contributed by atoms with Crippen molar-refractivity contribution in [1.82, 2.24) is 4.90 Å². The van der Waals surface area contributed by atoms with Crippen molar-refractivity contribution in [2.24, 2.45) is 0 Å². The molecular weight excluding hydrogens is 384 g/mol. The smallest absolute Gasteiger partial charge is 0.326 e. The molecule has 1 N–H and O–H groups in total. The number of carbonyl (C=O) groups excluding carboxylic acids is 4. The summed E-state index contributed by atoms with van der Waals surface area (Å²) in [6.45, 7) is 3.10. The van der Waals surface area contributed by atoms with Crippen LogP contribution in [-0.2, 0) is 25.5 Å². The fourth-order valence-corrected chi connectivity index (χ4v) is 3.33. The SMILES string of the molecule is CC[C@H](C)c1ccccc1NC(=O)COC(=O)CN1C(=O)Cc2ccccc2C1=O. The van der Waals surface area contributed by atoms with Crippen molar-refractivity contribution in [1.29, 1.82) is 0 Å². The molecule has 0 aromatic heterocycles. The lowest BCUT2D eigenvalue weighted by Gasteiger charge is -2.25. The molecular formula is C23H24N2O5. The highest BCUT2D eigenvalue weighted by atomic mass is 16.5. The molecule has 0 saturated heterocycles. The number of para-hydroxylation sites is 1. The summed E-state index contributed by atoms with van der Waals surface area (Å²) in [4.78, 5) is 50.0. The standard InChI is InChI=1S/C23H24N2O5/c1-3-15(2)17-9-6-7-11-19(17)24-20(26)14-30-22(28)13-25-21(27)12-16-8-4-5-10-18(16)23(25)29/h4-11,15H,3,12-14H2,1-2H3,(H,24,26)/t15-/m0/s1. The molecule has 1 heterocycles. The van der Waals surface area contributed by atoms with E-state index in [1.165, 1.54) is 0 Å². The van der Waals surface area contributed by atoms with Gasteiger partial charge in [-0.25, -0.2) is 0 Å². The Hall–Kier alpha value is -3.48. The van der Waals surface area contributed by atoms with Gasteiger partial charge in [-0.3, -0.25) is 24.1 Å². The second kappa shape index (κ2) is 9.35. The third kappa shape index (κ3) is 4.74. The highest BCUT2D eigenvalue weighted by molar-refractivity contribution is 6.11. The Labute approximate surface area is 175 Å². The van der Waals surface area contributed by atoms with Crippen LogP contribution >= 0.6 is 0 Å². The zero-order chi connectivity index (χ0) is 21.7. The van der Waals surface area contributed by atoms with E-state index in [2.05, 4.69) is 19.2 Å². The lowest BCUT2D eigenvalue weighted by atomic mass is 9.97. The lowest BCUT2D eigenvalue weighted by molar-refractivity contribution is -0.150. The molecule has 1 atom stereocenters. The Balaban J connectivity index is 1.56. The molecule has 30 heavy (non-hydrogen) atoms. The number of ether oxygens (including phenoxy) is 1. The van der Waals surface area contributed by atoms with Crippen molar-refractivity contribution in [2.75, 3.05) is 18.5 Å². The van der Waals surface area contributed by atoms with E-state index < -0.39 is 36.8 Å². The van der Waals surface area contributed by atoms with E-state index in [0.29, 0.717) is 16.8 Å². The first kappa shape index (κ1) is 21.2. The van der Waals surface area contributed by atoms with Crippen LogP contribution in [0.5, 0.6) is 0 Å². The third-order valence-electron chi connectivity index (χ3n) is 5.17. The van der Waals surface area contributed by atoms with Gasteiger partial charge < -0.3 is 10.1 Å². The number of amides is 3. The van der Waals surface area contributed by atoms with Crippen LogP contribution in [0.1, 0.15) is 47.7 Å². The monoisotopic (exact) mass is 408 g/mol. The Morgan fingerprint density at radius 3 is 2.57 bits per heavy atom. The summed E-state index contributed by atoms with van der Waals surface area (Å²) in [5.41, 5.74) is 2.70. The lowest BCUT2D eigenvalue weighted by Crippen LogP contribution is -2.45. The number of imide groups is 1. The summed E-state index contributed by atoms with van der Waals surface area (Å²) >= 11 is 0. The Morgan fingerprint density at radius 2 is 1.80 bits per heavy atom. The summed E-state index contributed by atoms with van der Waals surface area (Å²) < 4.78 is 4.99. The zero-order valence-corrected chi connectivity index (χ0v) is 17.0. The Morgan fingerprint density at radius 1 is 1.10 bits per heavy atom. The van der Waals surface area contributed by atoms with Crippen molar-refractivity contribution in [2.45, 2.75) is 32.6 Å². The van der Waals surface area contributed by atoms with Gasteiger partial charge in [0, 0.05) is 11.3 Å². The number of nitrogens with zero attached hydrogens (tertiary/aromatic N) is 1. The van der Waals surface area contributed by atoms with E-state index in [0.717, 1.165) is 16.9 Å². The molecule has 0 spiro atoms. The van der Waals surface area contributed by atoms with E-state index >= 15 is 0 Å². The second-order valence-corrected chi connectivity index (χ2v) is 7.22. The molecule has 0 bridgehead atoms. The van der Waals surface area contributed by atoms with Gasteiger partial charge in [-0.1, -0.05) is 50.2 Å². The molecule has 0 fully saturated rings. The van der Waals surface area contributed by atoms with Crippen LogP contribution in [0.3, 0.4) is 0 Å². The maximum absolute atomic E-state index is 12.5. The summed E-state index contributed by atoms with van der Waals surface area (Å²) in [5, 5.41) is 2.75. The van der Waals surface area contributed by atoms with Gasteiger partial charge in [0.25, 0.3) is 11.8 Å². The summed E-state index contributed by atoms with van der Waals surface area (Å²) in [6, 6.07) is 14.2. The van der Waals surface area contributed by atoms with E-state index in [4.69, 9.17) is 4.74 Å². The van der Waals surface area contributed by atoms with Crippen molar-refractivity contribution in [3.63, 3.8) is 0 Å². The largest absolute Gasteiger partial charge is 0.454 e. The third-order valence-corrected chi connectivity index (χ3v) is 5.17. The van der Waals surface area contributed by atoms with Crippen LogP contribution in [0.15, 0.2) is 48.5 Å². The van der Waals surface area contributed by atoms with Crippen LogP contribution in [0.4, 0.5) is 5.69 Å². The van der Waals surface area contributed by atoms with E-state index in [9.17, 15) is 19.2 Å². The molecule has 2 aromatic carbocycles. The number of benzene rings is 2. The average molecular weight is 408 g/mol. The number of esters is 1. The normalized spacial score (nSPS) is 14.1. The molecule has 3 amide bonds. The van der Waals surface area contributed by atoms with Crippen LogP contribution < -0.4 is 5.32 Å². The molecule has 1 aliphatic heterocycles. The number of carbonyl (C=O) groups is 4. The number of rotatable bonds is 7. The molecule has 0 unspecified atom stereocenters. The second-order valence-electron chi connectivity index (χ2n) is 7.22. The van der Waals surface area contributed by atoms with Crippen LogP contribution in [0, 0.1) is 0 Å². The van der Waals surface area contributed by atoms with Crippen LogP contribution in [-0.4, -0.2) is 41.7 Å². The fraction of sp³-hybridized carbons (Fsp3) is 0.304. The first-order valence-corrected chi connectivity index (χ1v) is 9.87. The zero-order valence-electron chi connectivity index (χ0n) is 17.0. The minimum Gasteiger partial charge on any atom is -0.454 e. The number of nitrogens with one attached hydrogen (secondary N) is 1. The summed E-state index contributed by atoms with van der Waals surface area (Å²) in [7, 11) is 0. The van der Waals surface area contributed by atoms with Crippen LogP contribution in [0.2, 0.25) is 0 Å². The van der Waals surface area contributed by atoms with Gasteiger partial charge in [-0.2, -0.15) is 0 Å². The maximum Gasteiger partial charge on any atom is 0.326 e. The summed E-state index contributed by atoms with van der Waals surface area (Å²) in [6.07, 6.45) is 0.963. The van der Waals surface area contributed by atoms with Gasteiger partial charge in [0.05, 0.1) is 6.42 Å². The fourth-order valence-electron chi connectivity index (χ4n) is 3.33. The number of fused-ring (bicyclic) bond motifs is 1. The molecule has 1 aliphatic rings. The van der Waals surface area contributed by atoms with Gasteiger partial charge in [0.1, 0.15) is 6.54 Å². The topological polar surface area (TPSA) is 92.8 Å². The molecule has 156 valence electrons. The first-order valence-electron chi connectivity index (χ1n) is 9.87. The van der Waals surface area contributed by atoms with Crippen molar-refractivity contribution < 1.29 is 23.9 Å². The molecule has 7 nitrogen and oxygen atoms in total. The van der Waals surface area contributed by atoms with Crippen molar-refractivity contribution in [3.8, 4) is 0 Å². The van der Waals surface area contributed by atoms with Gasteiger partial charge >= 0.3 is 5.97 Å². The molecule has 7 heteroatoms. The molecule has 3 rings (SSSR count). The quantitative estimate of drug-likeness (QED) is 0.562. The van der Waals surface area contributed by atoms with Gasteiger partial charge in [0.2, 0.25) is 5.91 Å². The Bertz CT molecular complexity index is 985. The molecule has 2 aromatic rings.